The minimum Gasteiger partial charge on any atom is -0.456 e. The second kappa shape index (κ2) is 10.4. The number of aromatic nitrogens is 1. The lowest BCUT2D eigenvalue weighted by atomic mass is 9.94. The van der Waals surface area contributed by atoms with Crippen molar-refractivity contribution in [2.75, 3.05) is 0 Å². The van der Waals surface area contributed by atoms with Crippen molar-refractivity contribution in [2.24, 2.45) is 4.99 Å². The average molecular weight is 581 g/mol. The summed E-state index contributed by atoms with van der Waals surface area (Å²) in [5.74, 6) is 0.866. The quantitative estimate of drug-likeness (QED) is 0.218. The smallest absolute Gasteiger partial charge is 0.139 e. The zero-order valence-electron chi connectivity index (χ0n) is 24.3. The first-order chi connectivity index (χ1) is 22.3. The minimum atomic E-state index is -0.200. The monoisotopic (exact) mass is 580 g/mol. The van der Waals surface area contributed by atoms with Crippen molar-refractivity contribution in [1.82, 2.24) is 15.6 Å². The van der Waals surface area contributed by atoms with Gasteiger partial charge in [-0.1, -0.05) is 121 Å². The van der Waals surface area contributed by atoms with Crippen molar-refractivity contribution in [3.05, 3.63) is 162 Å². The van der Waals surface area contributed by atoms with Crippen molar-refractivity contribution in [2.45, 2.75) is 12.3 Å². The lowest BCUT2D eigenvalue weighted by Gasteiger charge is -2.33. The first kappa shape index (κ1) is 25.7. The molecule has 0 saturated heterocycles. The zero-order valence-corrected chi connectivity index (χ0v) is 24.3. The van der Waals surface area contributed by atoms with Gasteiger partial charge in [0.2, 0.25) is 0 Å². The van der Waals surface area contributed by atoms with Crippen LogP contribution in [-0.4, -0.2) is 10.8 Å². The summed E-state index contributed by atoms with van der Waals surface area (Å²) < 4.78 is 6.39. The minimum absolute atomic E-state index is 0.174. The summed E-state index contributed by atoms with van der Waals surface area (Å²) in [6.07, 6.45) is 1.47. The van der Waals surface area contributed by atoms with E-state index in [1.807, 2.05) is 36.5 Å². The molecule has 1 aliphatic rings. The Morgan fingerprint density at radius 1 is 0.600 bits per heavy atom. The van der Waals surface area contributed by atoms with Crippen molar-refractivity contribution in [3.8, 4) is 11.3 Å². The molecular weight excluding hydrogens is 552 g/mol. The van der Waals surface area contributed by atoms with Gasteiger partial charge in [-0.15, -0.1) is 0 Å². The molecule has 0 fully saturated rings. The number of hydrogen-bond acceptors (Lipinski definition) is 5. The molecule has 3 heterocycles. The van der Waals surface area contributed by atoms with Crippen molar-refractivity contribution >= 4 is 49.3 Å². The number of nitrogens with zero attached hydrogens (tertiary/aromatic N) is 2. The van der Waals surface area contributed by atoms with Gasteiger partial charge in [-0.05, 0) is 50.9 Å². The van der Waals surface area contributed by atoms with Crippen molar-refractivity contribution in [1.29, 1.82) is 0 Å². The molecule has 0 amide bonds. The third-order valence-electron chi connectivity index (χ3n) is 8.80. The third-order valence-corrected chi connectivity index (χ3v) is 8.80. The molecule has 5 nitrogen and oxygen atoms in total. The first-order valence-electron chi connectivity index (χ1n) is 15.2. The molecule has 6 aromatic carbocycles. The number of furan rings is 1. The molecule has 1 aliphatic heterocycles. The maximum absolute atomic E-state index is 6.39. The predicted octanol–water partition coefficient (Wildman–Crippen LogP) is 9.29. The predicted molar refractivity (Wildman–Crippen MR) is 183 cm³/mol. The van der Waals surface area contributed by atoms with Gasteiger partial charge in [0.25, 0.3) is 0 Å². The van der Waals surface area contributed by atoms with Gasteiger partial charge in [0.15, 0.2) is 0 Å². The van der Waals surface area contributed by atoms with E-state index in [9.17, 15) is 0 Å². The second-order valence-corrected chi connectivity index (χ2v) is 11.5. The van der Waals surface area contributed by atoms with E-state index in [1.165, 1.54) is 5.39 Å². The molecule has 214 valence electrons. The summed E-state index contributed by atoms with van der Waals surface area (Å²) in [4.78, 5) is 10.1. The van der Waals surface area contributed by atoms with Gasteiger partial charge in [-0.25, -0.2) is 4.99 Å². The highest BCUT2D eigenvalue weighted by Gasteiger charge is 2.27. The fourth-order valence-corrected chi connectivity index (χ4v) is 6.67. The number of amidine groups is 1. The van der Waals surface area contributed by atoms with Crippen LogP contribution in [0.25, 0.3) is 54.7 Å². The Morgan fingerprint density at radius 3 is 2.18 bits per heavy atom. The van der Waals surface area contributed by atoms with E-state index in [4.69, 9.17) is 14.4 Å². The van der Waals surface area contributed by atoms with Crippen LogP contribution in [0.1, 0.15) is 29.0 Å². The van der Waals surface area contributed by atoms with E-state index in [-0.39, 0.29) is 12.3 Å². The Bertz CT molecular complexity index is 2400. The fraction of sp³-hybridized carbons (Fsp3) is 0.0500. The van der Waals surface area contributed by atoms with Gasteiger partial charge in [-0.2, -0.15) is 0 Å². The number of fused-ring (bicyclic) bond motifs is 5. The highest BCUT2D eigenvalue weighted by Crippen LogP contribution is 2.40. The van der Waals surface area contributed by atoms with Gasteiger partial charge in [0.05, 0.1) is 11.1 Å². The summed E-state index contributed by atoms with van der Waals surface area (Å²) >= 11 is 0. The molecule has 0 aliphatic carbocycles. The molecule has 2 unspecified atom stereocenters. The largest absolute Gasteiger partial charge is 0.456 e. The van der Waals surface area contributed by atoms with E-state index in [0.29, 0.717) is 0 Å². The van der Waals surface area contributed by atoms with Crippen LogP contribution in [0.15, 0.2) is 155 Å². The number of rotatable bonds is 4. The van der Waals surface area contributed by atoms with Crippen LogP contribution < -0.4 is 10.6 Å². The molecule has 2 atom stereocenters. The highest BCUT2D eigenvalue weighted by atomic mass is 16.3. The fourth-order valence-electron chi connectivity index (χ4n) is 6.67. The zero-order chi connectivity index (χ0) is 29.7. The van der Waals surface area contributed by atoms with Crippen molar-refractivity contribution in [3.63, 3.8) is 0 Å². The summed E-state index contributed by atoms with van der Waals surface area (Å²) in [7, 11) is 0. The van der Waals surface area contributed by atoms with Crippen LogP contribution in [0, 0.1) is 0 Å². The Hall–Kier alpha value is -5.78. The van der Waals surface area contributed by atoms with E-state index in [0.717, 1.165) is 71.9 Å². The van der Waals surface area contributed by atoms with Gasteiger partial charge in [0.1, 0.15) is 29.3 Å². The molecule has 9 rings (SSSR count). The van der Waals surface area contributed by atoms with E-state index >= 15 is 0 Å². The van der Waals surface area contributed by atoms with Crippen LogP contribution in [0.2, 0.25) is 0 Å². The van der Waals surface area contributed by atoms with Crippen LogP contribution in [0.4, 0.5) is 0 Å². The Labute approximate surface area is 259 Å². The van der Waals surface area contributed by atoms with E-state index < -0.39 is 0 Å². The molecule has 0 bridgehead atoms. The summed E-state index contributed by atoms with van der Waals surface area (Å²) in [5.41, 5.74) is 7.02. The van der Waals surface area contributed by atoms with E-state index in [1.54, 1.807) is 0 Å². The highest BCUT2D eigenvalue weighted by molar-refractivity contribution is 6.16. The van der Waals surface area contributed by atoms with E-state index in [2.05, 4.69) is 120 Å². The molecule has 0 radical (unpaired) electrons. The number of nitrogens with one attached hydrogen (secondary N) is 2. The number of hydrogen-bond donors (Lipinski definition) is 2. The number of pyridine rings is 1. The summed E-state index contributed by atoms with van der Waals surface area (Å²) in [5, 5.41) is 14.2. The molecular formula is C40H28N4O. The number of aliphatic imine (C=N–C) groups is 1. The van der Waals surface area contributed by atoms with Crippen LogP contribution >= 0.6 is 0 Å². The second-order valence-electron chi connectivity index (χ2n) is 11.5. The Balaban J connectivity index is 1.20. The Morgan fingerprint density at radius 2 is 1.33 bits per heavy atom. The van der Waals surface area contributed by atoms with Gasteiger partial charge in [-0.3, -0.25) is 10.3 Å². The normalized spacial score (nSPS) is 16.7. The molecule has 5 heteroatoms. The molecule has 45 heavy (non-hydrogen) atoms. The van der Waals surface area contributed by atoms with Crippen molar-refractivity contribution < 1.29 is 4.42 Å². The molecule has 8 aromatic rings. The van der Waals surface area contributed by atoms with Gasteiger partial charge >= 0.3 is 0 Å². The lowest BCUT2D eigenvalue weighted by Crippen LogP contribution is -2.45. The topological polar surface area (TPSA) is 62.5 Å². The average Bonchev–Trinajstić information content (AvgIpc) is 3.48. The SMILES string of the molecule is c1ccc(C2=NC(c3ccccc3)NC(c3cccc4c(-c5nccc6oc7cc8ccccc8cc7c56)cccc34)N2)cc1. The molecule has 2 N–H and O–H groups in total. The van der Waals surface area contributed by atoms with Crippen LogP contribution in [0.5, 0.6) is 0 Å². The molecule has 2 aromatic heterocycles. The van der Waals surface area contributed by atoms with Crippen LogP contribution in [-0.2, 0) is 0 Å². The lowest BCUT2D eigenvalue weighted by molar-refractivity contribution is 0.411. The molecule has 0 spiro atoms. The van der Waals surface area contributed by atoms with Crippen LogP contribution in [0.3, 0.4) is 0 Å². The first-order valence-corrected chi connectivity index (χ1v) is 15.2. The summed E-state index contributed by atoms with van der Waals surface area (Å²) in [6.45, 7) is 0. The van der Waals surface area contributed by atoms with Gasteiger partial charge in [0, 0.05) is 22.7 Å². The maximum atomic E-state index is 6.39. The summed E-state index contributed by atoms with van der Waals surface area (Å²) in [6, 6.07) is 48.5. The standard InChI is InChI=1S/C40H28N4O/c1-3-11-25(12-4-1)38-42-39(26-13-5-2-6-14-26)44-40(43-38)32-20-10-17-29-30(32)18-9-19-31(29)37-36-33-23-27-15-7-8-16-28(27)24-35(33)45-34(36)21-22-41-37/h1-24,38,40,43H,(H,42,44). The Kier molecular flexibility index (Phi) is 5.96. The van der Waals surface area contributed by atoms with Gasteiger partial charge < -0.3 is 9.73 Å². The maximum Gasteiger partial charge on any atom is 0.139 e. The molecule has 0 saturated carbocycles. The third kappa shape index (κ3) is 4.36. The number of benzene rings is 6.